The van der Waals surface area contributed by atoms with Gasteiger partial charge in [-0.25, -0.2) is 18.6 Å². The minimum atomic E-state index is -4.94. The van der Waals surface area contributed by atoms with Crippen LogP contribution in [-0.2, 0) is 0 Å². The standard InChI is InChI=1S/C13H9Se.ClHO4/c1-2-5-11-10(4-1)7-8-13-12(11)6-3-9-14-13;2-1(3,4)5/h1-9H;(H,2,3,4,5)/q+1;/p-1. The molecule has 0 saturated heterocycles. The second-order valence-electron chi connectivity index (χ2n) is 3.69. The molecule has 3 rings (SSSR count). The molecule has 2 aromatic carbocycles. The van der Waals surface area contributed by atoms with Crippen molar-refractivity contribution in [2.45, 2.75) is 0 Å². The van der Waals surface area contributed by atoms with E-state index in [4.69, 9.17) is 18.6 Å². The molecule has 3 aromatic rings. The summed E-state index contributed by atoms with van der Waals surface area (Å²) >= 11 is 0.522. The van der Waals surface area contributed by atoms with E-state index < -0.39 is 10.2 Å². The van der Waals surface area contributed by atoms with Crippen LogP contribution in [0.2, 0.25) is 0 Å². The van der Waals surface area contributed by atoms with E-state index in [1.165, 1.54) is 20.4 Å². The van der Waals surface area contributed by atoms with Gasteiger partial charge in [0.15, 0.2) is 0 Å². The van der Waals surface area contributed by atoms with Gasteiger partial charge in [-0.15, -0.1) is 10.2 Å². The molecular formula is C13H9ClO4Se. The van der Waals surface area contributed by atoms with Crippen molar-refractivity contribution in [3.63, 3.8) is 0 Å². The van der Waals surface area contributed by atoms with Crippen LogP contribution in [-0.4, -0.2) is 14.5 Å². The Morgan fingerprint density at radius 3 is 2.11 bits per heavy atom. The maximum absolute atomic E-state index is 8.49. The van der Waals surface area contributed by atoms with E-state index in [0.29, 0.717) is 14.5 Å². The van der Waals surface area contributed by atoms with Gasteiger partial charge in [-0.3, -0.25) is 0 Å². The van der Waals surface area contributed by atoms with Crippen LogP contribution in [0, 0.1) is 10.2 Å². The predicted molar refractivity (Wildman–Crippen MR) is 62.8 cm³/mol. The molecule has 0 aliphatic heterocycles. The zero-order valence-corrected chi connectivity index (χ0v) is 12.1. The second-order valence-corrected chi connectivity index (χ2v) is 6.43. The summed E-state index contributed by atoms with van der Waals surface area (Å²) in [6.07, 6.45) is 0. The molecule has 0 saturated carbocycles. The van der Waals surface area contributed by atoms with Gasteiger partial charge in [0.1, 0.15) is 0 Å². The molecule has 1 aromatic heterocycles. The normalized spacial score (nSPS) is 11.2. The Hall–Kier alpha value is -1.04. The average molecular weight is 344 g/mol. The summed E-state index contributed by atoms with van der Waals surface area (Å²) < 4.78 is 35.5. The molecular weight excluding hydrogens is 335 g/mol. The summed E-state index contributed by atoms with van der Waals surface area (Å²) in [6, 6.07) is 17.5. The fourth-order valence-corrected chi connectivity index (χ4v) is 3.38. The third-order valence-corrected chi connectivity index (χ3v) is 4.36. The van der Waals surface area contributed by atoms with Crippen molar-refractivity contribution in [2.24, 2.45) is 0 Å². The third-order valence-electron chi connectivity index (χ3n) is 2.47. The maximum atomic E-state index is 8.49. The SMILES string of the molecule is [O-][Cl+3]([O-])([O-])[O-].c1ccc2c(c1)ccc1[se+]cccc12. The number of halogens is 1. The van der Waals surface area contributed by atoms with Crippen molar-refractivity contribution >= 4 is 34.9 Å². The van der Waals surface area contributed by atoms with Gasteiger partial charge in [-0.05, 0) is 0 Å². The first-order chi connectivity index (χ1) is 8.95. The molecule has 0 N–H and O–H groups in total. The molecule has 0 radical (unpaired) electrons. The summed E-state index contributed by atoms with van der Waals surface area (Å²) in [5, 5.41) is 4.15. The van der Waals surface area contributed by atoms with Gasteiger partial charge in [-0.1, -0.05) is 0 Å². The van der Waals surface area contributed by atoms with E-state index in [2.05, 4.69) is 53.5 Å². The zero-order valence-electron chi connectivity index (χ0n) is 9.62. The number of benzene rings is 2. The first-order valence-corrected chi connectivity index (χ1v) is 8.33. The van der Waals surface area contributed by atoms with Crippen molar-refractivity contribution in [2.75, 3.05) is 0 Å². The third kappa shape index (κ3) is 4.23. The summed E-state index contributed by atoms with van der Waals surface area (Å²) in [5.74, 6) is 0. The molecule has 4 nitrogen and oxygen atoms in total. The molecule has 0 atom stereocenters. The molecule has 0 bridgehead atoms. The van der Waals surface area contributed by atoms with Gasteiger partial charge in [0.05, 0.1) is 0 Å². The van der Waals surface area contributed by atoms with E-state index in [-0.39, 0.29) is 0 Å². The van der Waals surface area contributed by atoms with Crippen molar-refractivity contribution in [3.05, 3.63) is 53.5 Å². The minimum absolute atomic E-state index is 0.522. The number of rotatable bonds is 0. The zero-order chi connectivity index (χ0) is 13.9. The van der Waals surface area contributed by atoms with Crippen LogP contribution in [0.5, 0.6) is 0 Å². The molecule has 0 unspecified atom stereocenters. The second kappa shape index (κ2) is 5.94. The molecule has 0 spiro atoms. The van der Waals surface area contributed by atoms with Crippen molar-refractivity contribution in [1.82, 2.24) is 0 Å². The Kier molecular flexibility index (Phi) is 4.50. The number of hydrogen-bond donors (Lipinski definition) is 0. The summed E-state index contributed by atoms with van der Waals surface area (Å²) in [5.41, 5.74) is 0. The monoisotopic (exact) mass is 344 g/mol. The molecule has 0 aliphatic carbocycles. The Bertz CT molecular complexity index is 636. The Balaban J connectivity index is 0.000000232. The fraction of sp³-hybridized carbons (Fsp3) is 0. The average Bonchev–Trinajstić information content (AvgIpc) is 2.37. The van der Waals surface area contributed by atoms with Gasteiger partial charge in [-0.2, -0.15) is 0 Å². The molecule has 98 valence electrons. The van der Waals surface area contributed by atoms with Crippen LogP contribution in [0.1, 0.15) is 0 Å². The van der Waals surface area contributed by atoms with Crippen LogP contribution >= 0.6 is 0 Å². The van der Waals surface area contributed by atoms with Gasteiger partial charge in [0, 0.05) is 0 Å². The molecule has 0 amide bonds. The fourth-order valence-electron chi connectivity index (χ4n) is 1.80. The summed E-state index contributed by atoms with van der Waals surface area (Å²) in [6.45, 7) is 0. The van der Waals surface area contributed by atoms with Gasteiger partial charge >= 0.3 is 88.4 Å². The van der Waals surface area contributed by atoms with E-state index in [1.54, 1.807) is 0 Å². The van der Waals surface area contributed by atoms with Gasteiger partial charge in [0.2, 0.25) is 0 Å². The summed E-state index contributed by atoms with van der Waals surface area (Å²) in [4.78, 5) is 2.27. The number of fused-ring (bicyclic) bond motifs is 3. The van der Waals surface area contributed by atoms with E-state index >= 15 is 0 Å². The topological polar surface area (TPSA) is 92.2 Å². The van der Waals surface area contributed by atoms with E-state index in [0.717, 1.165) is 0 Å². The van der Waals surface area contributed by atoms with Crippen molar-refractivity contribution in [1.29, 1.82) is 0 Å². The predicted octanol–water partition coefficient (Wildman–Crippen LogP) is -1.42. The molecule has 0 aliphatic rings. The van der Waals surface area contributed by atoms with Crippen LogP contribution in [0.3, 0.4) is 0 Å². The van der Waals surface area contributed by atoms with Crippen LogP contribution in [0.4, 0.5) is 0 Å². The van der Waals surface area contributed by atoms with Gasteiger partial charge < -0.3 is 0 Å². The molecule has 6 heteroatoms. The van der Waals surface area contributed by atoms with Crippen LogP contribution < -0.4 is 18.6 Å². The first kappa shape index (κ1) is 14.4. The van der Waals surface area contributed by atoms with Crippen LogP contribution in [0.25, 0.3) is 20.4 Å². The van der Waals surface area contributed by atoms with Crippen LogP contribution in [0.15, 0.2) is 53.5 Å². The van der Waals surface area contributed by atoms with E-state index in [9.17, 15) is 0 Å². The number of hydrogen-bond acceptors (Lipinski definition) is 4. The van der Waals surface area contributed by atoms with Crippen molar-refractivity contribution in [3.8, 4) is 0 Å². The summed E-state index contributed by atoms with van der Waals surface area (Å²) in [7, 11) is -4.94. The Labute approximate surface area is 117 Å². The van der Waals surface area contributed by atoms with Gasteiger partial charge in [0.25, 0.3) is 0 Å². The molecule has 19 heavy (non-hydrogen) atoms. The van der Waals surface area contributed by atoms with Crippen molar-refractivity contribution < 1.29 is 28.9 Å². The quantitative estimate of drug-likeness (QED) is 0.370. The molecule has 1 heterocycles. The first-order valence-electron chi connectivity index (χ1n) is 5.25. The van der Waals surface area contributed by atoms with E-state index in [1.807, 2.05) is 0 Å². The Morgan fingerprint density at radius 2 is 1.37 bits per heavy atom. The Morgan fingerprint density at radius 1 is 0.737 bits per heavy atom. The molecule has 0 fully saturated rings.